The van der Waals surface area contributed by atoms with E-state index in [1.54, 1.807) is 12.7 Å². The summed E-state index contributed by atoms with van der Waals surface area (Å²) in [7, 11) is 1.72. The fourth-order valence-corrected chi connectivity index (χ4v) is 8.51. The van der Waals surface area contributed by atoms with Crippen molar-refractivity contribution < 1.29 is 4.74 Å². The molecular formula is C32H37N3O. The fourth-order valence-electron chi connectivity index (χ4n) is 8.51. The summed E-state index contributed by atoms with van der Waals surface area (Å²) in [6.45, 7) is 0.742. The van der Waals surface area contributed by atoms with Gasteiger partial charge in [-0.05, 0) is 129 Å². The van der Waals surface area contributed by atoms with Crippen molar-refractivity contribution >= 4 is 21.8 Å². The molecule has 0 amide bonds. The molecule has 0 atom stereocenters. The first-order chi connectivity index (χ1) is 17.7. The van der Waals surface area contributed by atoms with E-state index in [1.165, 1.54) is 66.2 Å². The largest absolute Gasteiger partial charge is 0.494 e. The van der Waals surface area contributed by atoms with Crippen LogP contribution in [0.25, 0.3) is 33.1 Å². The Morgan fingerprint density at radius 1 is 0.972 bits per heavy atom. The molecule has 4 aliphatic rings. The zero-order chi connectivity index (χ0) is 24.3. The molecule has 0 saturated heterocycles. The Labute approximate surface area is 213 Å². The van der Waals surface area contributed by atoms with Crippen LogP contribution >= 0.6 is 0 Å². The summed E-state index contributed by atoms with van der Waals surface area (Å²) in [4.78, 5) is 8.50. The molecule has 4 aromatic rings. The SMILES string of the molecule is COc1ccc(-c2[nH]c3ccc(C45CC6CC(CC(C6)C4)C5)cc3c2CCCCN)c2cccnc12. The van der Waals surface area contributed by atoms with Gasteiger partial charge in [-0.3, -0.25) is 4.98 Å². The van der Waals surface area contributed by atoms with Gasteiger partial charge in [0.1, 0.15) is 11.3 Å². The minimum Gasteiger partial charge on any atom is -0.494 e. The number of H-pyrrole nitrogens is 1. The van der Waals surface area contributed by atoms with Crippen molar-refractivity contribution in [1.29, 1.82) is 0 Å². The normalized spacial score (nSPS) is 26.8. The number of nitrogens with two attached hydrogens (primary N) is 1. The van der Waals surface area contributed by atoms with Gasteiger partial charge in [0.25, 0.3) is 0 Å². The van der Waals surface area contributed by atoms with Crippen LogP contribution in [0, 0.1) is 17.8 Å². The number of benzene rings is 2. The molecule has 0 unspecified atom stereocenters. The van der Waals surface area contributed by atoms with E-state index in [0.29, 0.717) is 5.41 Å². The number of nitrogens with one attached hydrogen (secondary N) is 1. The monoisotopic (exact) mass is 479 g/mol. The van der Waals surface area contributed by atoms with E-state index < -0.39 is 0 Å². The Morgan fingerprint density at radius 3 is 2.47 bits per heavy atom. The maximum absolute atomic E-state index is 5.90. The summed E-state index contributed by atoms with van der Waals surface area (Å²) < 4.78 is 5.63. The van der Waals surface area contributed by atoms with Gasteiger partial charge < -0.3 is 15.5 Å². The molecule has 36 heavy (non-hydrogen) atoms. The molecule has 186 valence electrons. The first-order valence-electron chi connectivity index (χ1n) is 13.9. The molecule has 4 nitrogen and oxygen atoms in total. The number of pyridine rings is 1. The number of hydrogen-bond acceptors (Lipinski definition) is 3. The van der Waals surface area contributed by atoms with E-state index in [0.717, 1.165) is 60.2 Å². The Morgan fingerprint density at radius 2 is 1.75 bits per heavy atom. The molecule has 2 aromatic carbocycles. The van der Waals surface area contributed by atoms with Crippen LogP contribution in [0.5, 0.6) is 5.75 Å². The number of hydrogen-bond donors (Lipinski definition) is 2. The third-order valence-corrected chi connectivity index (χ3v) is 9.66. The molecule has 4 saturated carbocycles. The van der Waals surface area contributed by atoms with E-state index >= 15 is 0 Å². The van der Waals surface area contributed by atoms with E-state index in [-0.39, 0.29) is 0 Å². The van der Waals surface area contributed by atoms with Gasteiger partial charge in [0.05, 0.1) is 12.8 Å². The summed E-state index contributed by atoms with van der Waals surface area (Å²) in [6.07, 6.45) is 13.7. The molecule has 0 spiro atoms. The van der Waals surface area contributed by atoms with Gasteiger partial charge in [-0.1, -0.05) is 12.1 Å². The quantitative estimate of drug-likeness (QED) is 0.277. The minimum atomic E-state index is 0.408. The second-order valence-electron chi connectivity index (χ2n) is 11.9. The van der Waals surface area contributed by atoms with Crippen LogP contribution in [-0.4, -0.2) is 23.6 Å². The molecule has 2 aromatic heterocycles. The summed E-state index contributed by atoms with van der Waals surface area (Å²) in [5.41, 5.74) is 13.9. The number of methoxy groups -OCH3 is 1. The number of nitrogens with zero attached hydrogens (tertiary/aromatic N) is 1. The Kier molecular flexibility index (Phi) is 5.35. The average Bonchev–Trinajstić information content (AvgIpc) is 3.25. The number of aromatic amines is 1. The Balaban J connectivity index is 1.38. The van der Waals surface area contributed by atoms with Crippen molar-refractivity contribution in [2.75, 3.05) is 13.7 Å². The highest BCUT2D eigenvalue weighted by Gasteiger charge is 2.51. The first kappa shape index (κ1) is 22.4. The zero-order valence-corrected chi connectivity index (χ0v) is 21.4. The van der Waals surface area contributed by atoms with Gasteiger partial charge in [-0.15, -0.1) is 0 Å². The topological polar surface area (TPSA) is 63.9 Å². The fraction of sp³-hybridized carbons (Fsp3) is 0.469. The van der Waals surface area contributed by atoms with Crippen molar-refractivity contribution in [3.63, 3.8) is 0 Å². The molecule has 4 heteroatoms. The summed E-state index contributed by atoms with van der Waals surface area (Å²) in [5.74, 6) is 3.68. The van der Waals surface area contributed by atoms with Crippen LogP contribution < -0.4 is 10.5 Å². The number of unbranched alkanes of at least 4 members (excludes halogenated alkanes) is 1. The number of aromatic nitrogens is 2. The summed E-state index contributed by atoms with van der Waals surface area (Å²) >= 11 is 0. The highest BCUT2D eigenvalue weighted by Crippen LogP contribution is 2.61. The van der Waals surface area contributed by atoms with Gasteiger partial charge in [-0.2, -0.15) is 0 Å². The molecule has 0 aliphatic heterocycles. The van der Waals surface area contributed by atoms with Gasteiger partial charge >= 0.3 is 0 Å². The van der Waals surface area contributed by atoms with Gasteiger partial charge in [-0.25, -0.2) is 0 Å². The third-order valence-electron chi connectivity index (χ3n) is 9.66. The van der Waals surface area contributed by atoms with Crippen LogP contribution in [-0.2, 0) is 11.8 Å². The van der Waals surface area contributed by atoms with Crippen LogP contribution in [0.2, 0.25) is 0 Å². The van der Waals surface area contributed by atoms with E-state index in [2.05, 4.69) is 46.4 Å². The molecular weight excluding hydrogens is 442 g/mol. The minimum absolute atomic E-state index is 0.408. The average molecular weight is 480 g/mol. The number of fused-ring (bicyclic) bond motifs is 2. The molecule has 8 rings (SSSR count). The van der Waals surface area contributed by atoms with Crippen molar-refractivity contribution in [2.24, 2.45) is 23.5 Å². The highest BCUT2D eigenvalue weighted by molar-refractivity contribution is 6.01. The molecule has 2 heterocycles. The van der Waals surface area contributed by atoms with Gasteiger partial charge in [0.2, 0.25) is 0 Å². The molecule has 0 radical (unpaired) electrons. The zero-order valence-electron chi connectivity index (χ0n) is 21.4. The third kappa shape index (κ3) is 3.48. The maximum Gasteiger partial charge on any atom is 0.145 e. The predicted octanol–water partition coefficient (Wildman–Crippen LogP) is 7.14. The molecule has 4 bridgehead atoms. The van der Waals surface area contributed by atoms with E-state index in [1.807, 2.05) is 12.3 Å². The van der Waals surface area contributed by atoms with Crippen molar-refractivity contribution in [3.8, 4) is 17.0 Å². The number of ether oxygens (including phenoxy) is 1. The lowest BCUT2D eigenvalue weighted by Gasteiger charge is -2.57. The standard InChI is InChI=1S/C32H37N3O/c1-36-29-10-8-26(24-6-4-12-34-31(24)29)30-25(5-2-3-11-33)27-16-23(7-9-28(27)35-30)32-17-20-13-21(18-32)15-22(14-20)19-32/h4,6-10,12,16,20-22,35H,2-3,5,11,13-15,17-19,33H2,1H3. The van der Waals surface area contributed by atoms with Crippen molar-refractivity contribution in [2.45, 2.75) is 63.2 Å². The van der Waals surface area contributed by atoms with Crippen LogP contribution in [0.3, 0.4) is 0 Å². The van der Waals surface area contributed by atoms with Crippen LogP contribution in [0.1, 0.15) is 62.5 Å². The number of aryl methyl sites for hydroxylation is 1. The van der Waals surface area contributed by atoms with Crippen molar-refractivity contribution in [3.05, 3.63) is 59.8 Å². The predicted molar refractivity (Wildman–Crippen MR) is 147 cm³/mol. The molecule has 3 N–H and O–H groups in total. The Bertz CT molecular complexity index is 1400. The lowest BCUT2D eigenvalue weighted by atomic mass is 9.48. The highest BCUT2D eigenvalue weighted by atomic mass is 16.5. The first-order valence-corrected chi connectivity index (χ1v) is 13.9. The summed E-state index contributed by atoms with van der Waals surface area (Å²) in [6, 6.07) is 15.8. The lowest BCUT2D eigenvalue weighted by Crippen LogP contribution is -2.48. The smallest absolute Gasteiger partial charge is 0.145 e. The van der Waals surface area contributed by atoms with Crippen LogP contribution in [0.15, 0.2) is 48.7 Å². The summed E-state index contributed by atoms with van der Waals surface area (Å²) in [5, 5.41) is 2.54. The van der Waals surface area contributed by atoms with E-state index in [4.69, 9.17) is 10.5 Å². The van der Waals surface area contributed by atoms with Crippen LogP contribution in [0.4, 0.5) is 0 Å². The van der Waals surface area contributed by atoms with E-state index in [9.17, 15) is 0 Å². The second kappa shape index (κ2) is 8.62. The molecule has 4 aliphatic carbocycles. The lowest BCUT2D eigenvalue weighted by molar-refractivity contribution is -0.00513. The Hall–Kier alpha value is -2.85. The van der Waals surface area contributed by atoms with Gasteiger partial charge in [0, 0.05) is 28.0 Å². The maximum atomic E-state index is 5.90. The second-order valence-corrected chi connectivity index (χ2v) is 11.9. The van der Waals surface area contributed by atoms with Crippen molar-refractivity contribution in [1.82, 2.24) is 9.97 Å². The van der Waals surface area contributed by atoms with Gasteiger partial charge in [0.15, 0.2) is 0 Å². The number of rotatable bonds is 7. The molecule has 4 fully saturated rings.